The Hall–Kier alpha value is -1.52. The summed E-state index contributed by atoms with van der Waals surface area (Å²) in [6.45, 7) is 1.31. The summed E-state index contributed by atoms with van der Waals surface area (Å²) >= 11 is 6.00. The minimum Gasteiger partial charge on any atom is -0.398 e. The van der Waals surface area contributed by atoms with Gasteiger partial charge in [-0.2, -0.15) is 0 Å². The zero-order valence-corrected chi connectivity index (χ0v) is 10.3. The number of hydrogen-bond donors (Lipinski definition) is 2. The molecule has 0 radical (unpaired) electrons. The molecule has 1 heterocycles. The Bertz CT molecular complexity index is 530. The number of nitrogen functional groups attached to an aromatic ring is 1. The standard InChI is InChI=1S/C12H14ClN3O/c1-17-5-4-16-12-10-6-8(13)7-11(14)9(10)2-3-15-12/h2-3,6-7H,4-5,14H2,1H3,(H,15,16). The molecule has 0 bridgehead atoms. The number of aromatic nitrogens is 1. The molecule has 90 valence electrons. The van der Waals surface area contributed by atoms with E-state index in [0.29, 0.717) is 23.9 Å². The van der Waals surface area contributed by atoms with Crippen LogP contribution in [0.15, 0.2) is 24.4 Å². The number of rotatable bonds is 4. The van der Waals surface area contributed by atoms with Crippen molar-refractivity contribution in [1.29, 1.82) is 0 Å². The largest absolute Gasteiger partial charge is 0.398 e. The van der Waals surface area contributed by atoms with Gasteiger partial charge in [-0.3, -0.25) is 0 Å². The van der Waals surface area contributed by atoms with E-state index < -0.39 is 0 Å². The van der Waals surface area contributed by atoms with Gasteiger partial charge in [0.15, 0.2) is 0 Å². The highest BCUT2D eigenvalue weighted by molar-refractivity contribution is 6.32. The summed E-state index contributed by atoms with van der Waals surface area (Å²) in [7, 11) is 1.66. The monoisotopic (exact) mass is 251 g/mol. The highest BCUT2D eigenvalue weighted by Crippen LogP contribution is 2.29. The summed E-state index contributed by atoms with van der Waals surface area (Å²) in [5, 5.41) is 5.67. The first-order valence-electron chi connectivity index (χ1n) is 5.29. The first-order chi connectivity index (χ1) is 8.22. The molecule has 0 aliphatic rings. The predicted molar refractivity (Wildman–Crippen MR) is 71.5 cm³/mol. The highest BCUT2D eigenvalue weighted by atomic mass is 35.5. The van der Waals surface area contributed by atoms with Crippen LogP contribution < -0.4 is 11.1 Å². The molecule has 4 nitrogen and oxygen atoms in total. The van der Waals surface area contributed by atoms with Crippen LogP contribution in [0.3, 0.4) is 0 Å². The van der Waals surface area contributed by atoms with Gasteiger partial charge in [-0.15, -0.1) is 0 Å². The van der Waals surface area contributed by atoms with Crippen LogP contribution in [0, 0.1) is 0 Å². The van der Waals surface area contributed by atoms with Gasteiger partial charge in [-0.25, -0.2) is 4.98 Å². The lowest BCUT2D eigenvalue weighted by molar-refractivity contribution is 0.210. The number of methoxy groups -OCH3 is 1. The molecule has 17 heavy (non-hydrogen) atoms. The fourth-order valence-corrected chi connectivity index (χ4v) is 1.92. The third-order valence-electron chi connectivity index (χ3n) is 2.48. The fourth-order valence-electron chi connectivity index (χ4n) is 1.69. The average Bonchev–Trinajstić information content (AvgIpc) is 2.30. The second-order valence-corrected chi connectivity index (χ2v) is 4.11. The second kappa shape index (κ2) is 5.21. The summed E-state index contributed by atoms with van der Waals surface area (Å²) in [6.07, 6.45) is 1.72. The van der Waals surface area contributed by atoms with Gasteiger partial charge in [-0.1, -0.05) is 11.6 Å². The molecule has 0 aliphatic carbocycles. The third kappa shape index (κ3) is 2.60. The maximum atomic E-state index is 6.00. The number of hydrogen-bond acceptors (Lipinski definition) is 4. The number of anilines is 2. The van der Waals surface area contributed by atoms with Crippen molar-refractivity contribution in [2.24, 2.45) is 0 Å². The first kappa shape index (κ1) is 12.0. The van der Waals surface area contributed by atoms with Crippen LogP contribution in [0.1, 0.15) is 0 Å². The van der Waals surface area contributed by atoms with Crippen LogP contribution in [-0.4, -0.2) is 25.2 Å². The van der Waals surface area contributed by atoms with Gasteiger partial charge in [0.1, 0.15) is 5.82 Å². The molecule has 2 aromatic rings. The van der Waals surface area contributed by atoms with Gasteiger partial charge in [0.05, 0.1) is 6.61 Å². The van der Waals surface area contributed by atoms with Gasteiger partial charge in [0, 0.05) is 41.3 Å². The molecule has 0 atom stereocenters. The van der Waals surface area contributed by atoms with Gasteiger partial charge < -0.3 is 15.8 Å². The minimum absolute atomic E-state index is 0.609. The molecule has 0 saturated heterocycles. The Kier molecular flexibility index (Phi) is 3.66. The van der Waals surface area contributed by atoms with Gasteiger partial charge in [0.25, 0.3) is 0 Å². The zero-order valence-electron chi connectivity index (χ0n) is 9.53. The number of pyridine rings is 1. The van der Waals surface area contributed by atoms with Crippen molar-refractivity contribution in [3.05, 3.63) is 29.4 Å². The molecule has 1 aromatic carbocycles. The van der Waals surface area contributed by atoms with Crippen molar-refractivity contribution < 1.29 is 4.74 Å². The van der Waals surface area contributed by atoms with Crippen LogP contribution in [0.25, 0.3) is 10.8 Å². The molecule has 0 amide bonds. The van der Waals surface area contributed by atoms with E-state index in [1.54, 1.807) is 19.4 Å². The summed E-state index contributed by atoms with van der Waals surface area (Å²) in [6, 6.07) is 5.47. The zero-order chi connectivity index (χ0) is 12.3. The SMILES string of the molecule is COCCNc1nccc2c(N)cc(Cl)cc12. The van der Waals surface area contributed by atoms with Crippen molar-refractivity contribution in [3.8, 4) is 0 Å². The molecule has 0 spiro atoms. The normalized spacial score (nSPS) is 10.7. The quantitative estimate of drug-likeness (QED) is 0.648. The number of nitrogens with two attached hydrogens (primary N) is 1. The number of ether oxygens (including phenoxy) is 1. The van der Waals surface area contributed by atoms with Crippen LogP contribution in [0.5, 0.6) is 0 Å². The van der Waals surface area contributed by atoms with Gasteiger partial charge in [0.2, 0.25) is 0 Å². The van der Waals surface area contributed by atoms with Crippen LogP contribution >= 0.6 is 11.6 Å². The van der Waals surface area contributed by atoms with Crippen molar-refractivity contribution in [2.45, 2.75) is 0 Å². The van der Waals surface area contributed by atoms with Crippen molar-refractivity contribution in [3.63, 3.8) is 0 Å². The molecular weight excluding hydrogens is 238 g/mol. The highest BCUT2D eigenvalue weighted by Gasteiger charge is 2.05. The van der Waals surface area contributed by atoms with E-state index in [0.717, 1.165) is 16.6 Å². The minimum atomic E-state index is 0.609. The van der Waals surface area contributed by atoms with Gasteiger partial charge in [-0.05, 0) is 18.2 Å². The number of fused-ring (bicyclic) bond motifs is 1. The van der Waals surface area contributed by atoms with Crippen LogP contribution in [-0.2, 0) is 4.74 Å². The molecule has 3 N–H and O–H groups in total. The smallest absolute Gasteiger partial charge is 0.134 e. The molecule has 1 aromatic heterocycles. The van der Waals surface area contributed by atoms with Crippen molar-refractivity contribution in [1.82, 2.24) is 4.98 Å². The first-order valence-corrected chi connectivity index (χ1v) is 5.66. The maximum Gasteiger partial charge on any atom is 0.134 e. The Balaban J connectivity index is 2.42. The number of halogens is 1. The molecule has 0 saturated carbocycles. The Labute approximate surface area is 105 Å². The molecular formula is C12H14ClN3O. The van der Waals surface area contributed by atoms with E-state index >= 15 is 0 Å². The van der Waals surface area contributed by atoms with Gasteiger partial charge >= 0.3 is 0 Å². The average molecular weight is 252 g/mol. The lowest BCUT2D eigenvalue weighted by atomic mass is 10.1. The Morgan fingerprint density at radius 3 is 3.00 bits per heavy atom. The maximum absolute atomic E-state index is 6.00. The van der Waals surface area contributed by atoms with Crippen molar-refractivity contribution in [2.75, 3.05) is 31.3 Å². The molecule has 0 unspecified atom stereocenters. The van der Waals surface area contributed by atoms with E-state index in [4.69, 9.17) is 22.1 Å². The summed E-state index contributed by atoms with van der Waals surface area (Å²) in [4.78, 5) is 4.28. The molecule has 0 aliphatic heterocycles. The number of nitrogens with zero attached hydrogens (tertiary/aromatic N) is 1. The number of nitrogens with one attached hydrogen (secondary N) is 1. The predicted octanol–water partition coefficient (Wildman–Crippen LogP) is 2.53. The molecule has 5 heteroatoms. The molecule has 0 fully saturated rings. The summed E-state index contributed by atoms with van der Waals surface area (Å²) in [5.41, 5.74) is 6.57. The van der Waals surface area contributed by atoms with Crippen molar-refractivity contribution >= 4 is 33.9 Å². The van der Waals surface area contributed by atoms with E-state index in [1.165, 1.54) is 0 Å². The number of benzene rings is 1. The topological polar surface area (TPSA) is 60.2 Å². The lowest BCUT2D eigenvalue weighted by Gasteiger charge is -2.10. The van der Waals surface area contributed by atoms with E-state index in [-0.39, 0.29) is 0 Å². The fraction of sp³-hybridized carbons (Fsp3) is 0.250. The lowest BCUT2D eigenvalue weighted by Crippen LogP contribution is -2.09. The Morgan fingerprint density at radius 2 is 2.24 bits per heavy atom. The molecule has 2 rings (SSSR count). The third-order valence-corrected chi connectivity index (χ3v) is 2.69. The van der Waals surface area contributed by atoms with E-state index in [1.807, 2.05) is 12.1 Å². The Morgan fingerprint density at radius 1 is 1.41 bits per heavy atom. The van der Waals surface area contributed by atoms with E-state index in [2.05, 4.69) is 10.3 Å². The van der Waals surface area contributed by atoms with Crippen LogP contribution in [0.2, 0.25) is 5.02 Å². The van der Waals surface area contributed by atoms with Crippen LogP contribution in [0.4, 0.5) is 11.5 Å². The second-order valence-electron chi connectivity index (χ2n) is 3.67. The van der Waals surface area contributed by atoms with E-state index in [9.17, 15) is 0 Å². The summed E-state index contributed by atoms with van der Waals surface area (Å²) in [5.74, 6) is 0.772. The summed E-state index contributed by atoms with van der Waals surface area (Å²) < 4.78 is 4.98.